The smallest absolute Gasteiger partial charge is 0.217 e. The standard InChI is InChI=1S/C13H16N2OS/c14-11(5-3-7-13(15)16)10-8-17-12-6-2-1-4-9(10)12/h1-2,4,6,8,11H,3,5,7,14H2,(H2,15,16). The van der Waals surface area contributed by atoms with E-state index in [1.54, 1.807) is 11.3 Å². The van der Waals surface area contributed by atoms with Crippen molar-refractivity contribution in [3.63, 3.8) is 0 Å². The van der Waals surface area contributed by atoms with E-state index in [9.17, 15) is 4.79 Å². The third-order valence-electron chi connectivity index (χ3n) is 2.85. The van der Waals surface area contributed by atoms with Crippen LogP contribution in [-0.2, 0) is 4.79 Å². The van der Waals surface area contributed by atoms with E-state index in [2.05, 4.69) is 17.5 Å². The van der Waals surface area contributed by atoms with Crippen molar-refractivity contribution in [2.45, 2.75) is 25.3 Å². The third kappa shape index (κ3) is 2.84. The summed E-state index contributed by atoms with van der Waals surface area (Å²) in [6, 6.07) is 8.23. The molecular formula is C13H16N2OS. The molecule has 3 nitrogen and oxygen atoms in total. The molecule has 1 aromatic heterocycles. The first-order valence-corrected chi connectivity index (χ1v) is 6.56. The van der Waals surface area contributed by atoms with Gasteiger partial charge in [0.2, 0.25) is 5.91 Å². The molecule has 17 heavy (non-hydrogen) atoms. The fourth-order valence-corrected chi connectivity index (χ4v) is 2.96. The molecule has 1 aromatic carbocycles. The van der Waals surface area contributed by atoms with Crippen LogP contribution < -0.4 is 11.5 Å². The lowest BCUT2D eigenvalue weighted by Gasteiger charge is -2.10. The number of carbonyl (C=O) groups is 1. The Labute approximate surface area is 104 Å². The van der Waals surface area contributed by atoms with E-state index in [1.807, 2.05) is 12.1 Å². The molecule has 1 atom stereocenters. The molecule has 0 saturated heterocycles. The van der Waals surface area contributed by atoms with Crippen LogP contribution in [0.3, 0.4) is 0 Å². The minimum atomic E-state index is -0.257. The van der Waals surface area contributed by atoms with Gasteiger partial charge in [0.15, 0.2) is 0 Å². The molecule has 0 aliphatic heterocycles. The van der Waals surface area contributed by atoms with Crippen LogP contribution in [0.5, 0.6) is 0 Å². The first-order valence-electron chi connectivity index (χ1n) is 5.68. The van der Waals surface area contributed by atoms with Crippen LogP contribution in [0.1, 0.15) is 30.9 Å². The first kappa shape index (κ1) is 12.1. The Kier molecular flexibility index (Phi) is 3.76. The summed E-state index contributed by atoms with van der Waals surface area (Å²) < 4.78 is 1.26. The number of primary amides is 1. The Morgan fingerprint density at radius 2 is 2.12 bits per heavy atom. The highest BCUT2D eigenvalue weighted by Crippen LogP contribution is 2.31. The number of thiophene rings is 1. The maximum atomic E-state index is 10.7. The average molecular weight is 248 g/mol. The predicted octanol–water partition coefficient (Wildman–Crippen LogP) is 2.56. The first-order chi connectivity index (χ1) is 8.18. The number of carbonyl (C=O) groups excluding carboxylic acids is 1. The van der Waals surface area contributed by atoms with Gasteiger partial charge in [-0.3, -0.25) is 4.79 Å². The zero-order valence-electron chi connectivity index (χ0n) is 9.56. The molecular weight excluding hydrogens is 232 g/mol. The Morgan fingerprint density at radius 3 is 2.88 bits per heavy atom. The van der Waals surface area contributed by atoms with E-state index >= 15 is 0 Å². The Balaban J connectivity index is 2.08. The normalized spacial score (nSPS) is 12.8. The highest BCUT2D eigenvalue weighted by molar-refractivity contribution is 7.17. The molecule has 2 aromatic rings. The van der Waals surface area contributed by atoms with E-state index in [0.717, 1.165) is 12.8 Å². The molecule has 1 amide bonds. The molecule has 0 saturated carbocycles. The van der Waals surface area contributed by atoms with E-state index in [1.165, 1.54) is 15.6 Å². The lowest BCUT2D eigenvalue weighted by atomic mass is 10.0. The average Bonchev–Trinajstić information content (AvgIpc) is 2.72. The van der Waals surface area contributed by atoms with Gasteiger partial charge in [0, 0.05) is 17.2 Å². The van der Waals surface area contributed by atoms with Gasteiger partial charge in [-0.2, -0.15) is 0 Å². The second-order valence-electron chi connectivity index (χ2n) is 4.15. The number of fused-ring (bicyclic) bond motifs is 1. The zero-order valence-corrected chi connectivity index (χ0v) is 10.4. The molecule has 4 heteroatoms. The SMILES string of the molecule is NC(=O)CCCC(N)c1csc2ccccc12. The van der Waals surface area contributed by atoms with Gasteiger partial charge in [-0.15, -0.1) is 11.3 Å². The molecule has 0 fully saturated rings. The molecule has 0 spiro atoms. The summed E-state index contributed by atoms with van der Waals surface area (Å²) in [6.45, 7) is 0. The minimum absolute atomic E-state index is 0.00880. The summed E-state index contributed by atoms with van der Waals surface area (Å²) in [7, 11) is 0. The fraction of sp³-hybridized carbons (Fsp3) is 0.308. The van der Waals surface area contributed by atoms with Crippen LogP contribution in [0.25, 0.3) is 10.1 Å². The van der Waals surface area contributed by atoms with Crippen molar-refractivity contribution in [2.75, 3.05) is 0 Å². The second-order valence-corrected chi connectivity index (χ2v) is 5.06. The Morgan fingerprint density at radius 1 is 1.35 bits per heavy atom. The lowest BCUT2D eigenvalue weighted by molar-refractivity contribution is -0.118. The maximum absolute atomic E-state index is 10.7. The van der Waals surface area contributed by atoms with E-state index in [4.69, 9.17) is 11.5 Å². The zero-order chi connectivity index (χ0) is 12.3. The van der Waals surface area contributed by atoms with Gasteiger partial charge in [0.05, 0.1) is 0 Å². The van der Waals surface area contributed by atoms with Gasteiger partial charge in [0.25, 0.3) is 0 Å². The maximum Gasteiger partial charge on any atom is 0.217 e. The van der Waals surface area contributed by atoms with Crippen LogP contribution in [0.2, 0.25) is 0 Å². The summed E-state index contributed by atoms with van der Waals surface area (Å²) >= 11 is 1.71. The van der Waals surface area contributed by atoms with Gasteiger partial charge in [-0.25, -0.2) is 0 Å². The Bertz CT molecular complexity index is 521. The van der Waals surface area contributed by atoms with Crippen LogP contribution >= 0.6 is 11.3 Å². The highest BCUT2D eigenvalue weighted by atomic mass is 32.1. The monoisotopic (exact) mass is 248 g/mol. The van der Waals surface area contributed by atoms with Crippen LogP contribution in [0.15, 0.2) is 29.6 Å². The lowest BCUT2D eigenvalue weighted by Crippen LogP contribution is -2.13. The Hall–Kier alpha value is -1.39. The van der Waals surface area contributed by atoms with Gasteiger partial charge in [-0.1, -0.05) is 18.2 Å². The topological polar surface area (TPSA) is 69.1 Å². The van der Waals surface area contributed by atoms with Gasteiger partial charge < -0.3 is 11.5 Å². The number of hydrogen-bond acceptors (Lipinski definition) is 3. The number of amides is 1. The van der Waals surface area contributed by atoms with Crippen molar-refractivity contribution in [1.29, 1.82) is 0 Å². The molecule has 1 heterocycles. The molecule has 0 radical (unpaired) electrons. The molecule has 1 unspecified atom stereocenters. The molecule has 90 valence electrons. The molecule has 4 N–H and O–H groups in total. The molecule has 0 aliphatic rings. The van der Waals surface area contributed by atoms with Gasteiger partial charge in [-0.05, 0) is 35.2 Å². The summed E-state index contributed by atoms with van der Waals surface area (Å²) in [5.74, 6) is -0.257. The quantitative estimate of drug-likeness (QED) is 0.853. The minimum Gasteiger partial charge on any atom is -0.370 e. The van der Waals surface area contributed by atoms with E-state index in [-0.39, 0.29) is 11.9 Å². The molecule has 0 bridgehead atoms. The summed E-state index contributed by atoms with van der Waals surface area (Å²) in [6.07, 6.45) is 1.96. The predicted molar refractivity (Wildman–Crippen MR) is 71.8 cm³/mol. The molecule has 2 rings (SSSR count). The third-order valence-corrected chi connectivity index (χ3v) is 3.83. The summed E-state index contributed by atoms with van der Waals surface area (Å²) in [5.41, 5.74) is 12.4. The highest BCUT2D eigenvalue weighted by Gasteiger charge is 2.11. The summed E-state index contributed by atoms with van der Waals surface area (Å²) in [5, 5.41) is 3.34. The second kappa shape index (κ2) is 5.29. The number of rotatable bonds is 5. The largest absolute Gasteiger partial charge is 0.370 e. The number of benzene rings is 1. The van der Waals surface area contributed by atoms with Crippen LogP contribution in [0, 0.1) is 0 Å². The van der Waals surface area contributed by atoms with Crippen molar-refractivity contribution in [1.82, 2.24) is 0 Å². The van der Waals surface area contributed by atoms with E-state index < -0.39 is 0 Å². The van der Waals surface area contributed by atoms with Gasteiger partial charge in [0.1, 0.15) is 0 Å². The van der Waals surface area contributed by atoms with Crippen molar-refractivity contribution in [3.05, 3.63) is 35.2 Å². The van der Waals surface area contributed by atoms with Crippen molar-refractivity contribution >= 4 is 27.3 Å². The summed E-state index contributed by atoms with van der Waals surface area (Å²) in [4.78, 5) is 10.7. The van der Waals surface area contributed by atoms with Crippen molar-refractivity contribution in [3.8, 4) is 0 Å². The van der Waals surface area contributed by atoms with Crippen molar-refractivity contribution < 1.29 is 4.79 Å². The number of nitrogens with two attached hydrogens (primary N) is 2. The van der Waals surface area contributed by atoms with E-state index in [0.29, 0.717) is 6.42 Å². The van der Waals surface area contributed by atoms with Crippen LogP contribution in [-0.4, -0.2) is 5.91 Å². The molecule has 0 aliphatic carbocycles. The number of hydrogen-bond donors (Lipinski definition) is 2. The van der Waals surface area contributed by atoms with Crippen molar-refractivity contribution in [2.24, 2.45) is 11.5 Å². The van der Waals surface area contributed by atoms with Gasteiger partial charge >= 0.3 is 0 Å². The van der Waals surface area contributed by atoms with Crippen LogP contribution in [0.4, 0.5) is 0 Å². The fourth-order valence-electron chi connectivity index (χ4n) is 1.94.